The van der Waals surface area contributed by atoms with E-state index < -0.39 is 0 Å². The van der Waals surface area contributed by atoms with E-state index in [4.69, 9.17) is 11.6 Å². The number of nitrogens with one attached hydrogen (secondary N) is 1. The van der Waals surface area contributed by atoms with Gasteiger partial charge in [0.1, 0.15) is 5.03 Å². The third-order valence-corrected chi connectivity index (χ3v) is 4.88. The van der Waals surface area contributed by atoms with Crippen molar-refractivity contribution in [2.24, 2.45) is 0 Å². The Morgan fingerprint density at radius 3 is 3.04 bits per heavy atom. The molecule has 6 heteroatoms. The van der Waals surface area contributed by atoms with Crippen molar-refractivity contribution in [2.75, 3.05) is 5.32 Å². The highest BCUT2D eigenvalue weighted by Crippen LogP contribution is 2.38. The third kappa shape index (κ3) is 3.02. The number of halogens is 1. The van der Waals surface area contributed by atoms with E-state index in [0.29, 0.717) is 12.5 Å². The SMILES string of the molecule is Clc1cccc(CNc2ncc3c(n2)-c2cccnc2SC3)c1. The molecule has 0 bridgehead atoms. The van der Waals surface area contributed by atoms with Gasteiger partial charge in [-0.25, -0.2) is 15.0 Å². The lowest BCUT2D eigenvalue weighted by molar-refractivity contribution is 1.02. The molecule has 1 aromatic carbocycles. The fourth-order valence-electron chi connectivity index (χ4n) is 2.49. The number of pyridine rings is 1. The number of aromatic nitrogens is 3. The van der Waals surface area contributed by atoms with Gasteiger partial charge in [0.05, 0.1) is 5.69 Å². The Labute approximate surface area is 143 Å². The summed E-state index contributed by atoms with van der Waals surface area (Å²) in [5, 5.41) is 5.02. The molecule has 23 heavy (non-hydrogen) atoms. The van der Waals surface area contributed by atoms with Crippen LogP contribution in [-0.4, -0.2) is 15.0 Å². The first kappa shape index (κ1) is 14.5. The van der Waals surface area contributed by atoms with E-state index in [2.05, 4.69) is 26.3 Å². The van der Waals surface area contributed by atoms with Crippen LogP contribution in [0.3, 0.4) is 0 Å². The van der Waals surface area contributed by atoms with Crippen LogP contribution in [0.25, 0.3) is 11.3 Å². The smallest absolute Gasteiger partial charge is 0.223 e. The second-order valence-corrected chi connectivity index (χ2v) is 6.60. The molecule has 2 aromatic heterocycles. The molecule has 0 saturated carbocycles. The lowest BCUT2D eigenvalue weighted by Gasteiger charge is -2.17. The Hall–Kier alpha value is -2.11. The molecule has 0 radical (unpaired) electrons. The van der Waals surface area contributed by atoms with Crippen molar-refractivity contribution in [3.05, 3.63) is 64.9 Å². The summed E-state index contributed by atoms with van der Waals surface area (Å²) in [5.74, 6) is 1.47. The van der Waals surface area contributed by atoms with Gasteiger partial charge in [0, 0.05) is 40.8 Å². The number of fused-ring (bicyclic) bond motifs is 3. The van der Waals surface area contributed by atoms with Crippen LogP contribution in [0.15, 0.2) is 53.8 Å². The Kier molecular flexibility index (Phi) is 3.89. The molecule has 3 aromatic rings. The van der Waals surface area contributed by atoms with Gasteiger partial charge in [-0.3, -0.25) is 0 Å². The second kappa shape index (κ2) is 6.18. The number of thioether (sulfide) groups is 1. The van der Waals surface area contributed by atoms with E-state index in [9.17, 15) is 0 Å². The number of anilines is 1. The summed E-state index contributed by atoms with van der Waals surface area (Å²) in [6, 6.07) is 11.8. The molecule has 0 spiro atoms. The maximum atomic E-state index is 6.01. The van der Waals surface area contributed by atoms with Crippen LogP contribution < -0.4 is 5.32 Å². The molecule has 1 aliphatic rings. The van der Waals surface area contributed by atoms with E-state index >= 15 is 0 Å². The standard InChI is InChI=1S/C17H13ClN4S/c18-13-4-1-3-11(7-13)8-20-17-21-9-12-10-23-16-14(15(12)22-17)5-2-6-19-16/h1-7,9H,8,10H2,(H,20,21,22). The summed E-state index contributed by atoms with van der Waals surface area (Å²) in [4.78, 5) is 13.5. The Morgan fingerprint density at radius 2 is 2.13 bits per heavy atom. The van der Waals surface area contributed by atoms with Crippen LogP contribution in [0.2, 0.25) is 5.02 Å². The number of hydrogen-bond acceptors (Lipinski definition) is 5. The van der Waals surface area contributed by atoms with Crippen LogP contribution in [0, 0.1) is 0 Å². The zero-order chi connectivity index (χ0) is 15.6. The molecular formula is C17H13ClN4S. The topological polar surface area (TPSA) is 50.7 Å². The maximum absolute atomic E-state index is 6.01. The van der Waals surface area contributed by atoms with Crippen molar-refractivity contribution < 1.29 is 0 Å². The minimum Gasteiger partial charge on any atom is -0.350 e. The van der Waals surface area contributed by atoms with E-state index in [1.165, 1.54) is 0 Å². The Morgan fingerprint density at radius 1 is 1.17 bits per heavy atom. The summed E-state index contributed by atoms with van der Waals surface area (Å²) in [5.41, 5.74) is 4.28. The molecule has 1 N–H and O–H groups in total. The van der Waals surface area contributed by atoms with Gasteiger partial charge < -0.3 is 5.32 Å². The van der Waals surface area contributed by atoms with E-state index in [1.807, 2.05) is 42.7 Å². The summed E-state index contributed by atoms with van der Waals surface area (Å²) in [6.45, 7) is 0.633. The normalized spacial score (nSPS) is 12.4. The van der Waals surface area contributed by atoms with Crippen molar-refractivity contribution in [2.45, 2.75) is 17.3 Å². The van der Waals surface area contributed by atoms with Gasteiger partial charge in [-0.1, -0.05) is 23.7 Å². The van der Waals surface area contributed by atoms with E-state index in [1.54, 1.807) is 11.8 Å². The Bertz CT molecular complexity index is 869. The summed E-state index contributed by atoms with van der Waals surface area (Å²) in [6.07, 6.45) is 3.71. The predicted molar refractivity (Wildman–Crippen MR) is 93.6 cm³/mol. The number of hydrogen-bond donors (Lipinski definition) is 1. The number of benzene rings is 1. The van der Waals surface area contributed by atoms with E-state index in [-0.39, 0.29) is 0 Å². The lowest BCUT2D eigenvalue weighted by atomic mass is 10.1. The van der Waals surface area contributed by atoms with Gasteiger partial charge >= 0.3 is 0 Å². The molecule has 0 amide bonds. The predicted octanol–water partition coefficient (Wildman–Crippen LogP) is 4.41. The third-order valence-electron chi connectivity index (χ3n) is 3.59. The zero-order valence-corrected chi connectivity index (χ0v) is 13.7. The van der Waals surface area contributed by atoms with Crippen molar-refractivity contribution in [1.29, 1.82) is 0 Å². The zero-order valence-electron chi connectivity index (χ0n) is 12.2. The molecule has 114 valence electrons. The molecule has 0 atom stereocenters. The first-order chi connectivity index (χ1) is 11.3. The maximum Gasteiger partial charge on any atom is 0.223 e. The van der Waals surface area contributed by atoms with Gasteiger partial charge in [0.2, 0.25) is 5.95 Å². The molecule has 4 rings (SSSR count). The molecule has 0 saturated heterocycles. The van der Waals surface area contributed by atoms with Gasteiger partial charge in [-0.2, -0.15) is 0 Å². The quantitative estimate of drug-likeness (QED) is 0.765. The van der Waals surface area contributed by atoms with Crippen molar-refractivity contribution in [3.8, 4) is 11.3 Å². The first-order valence-electron chi connectivity index (χ1n) is 7.22. The number of nitrogens with zero attached hydrogens (tertiary/aromatic N) is 3. The summed E-state index contributed by atoms with van der Waals surface area (Å²) >= 11 is 7.73. The highest BCUT2D eigenvalue weighted by Gasteiger charge is 2.19. The fourth-order valence-corrected chi connectivity index (χ4v) is 3.66. The van der Waals surface area contributed by atoms with E-state index in [0.717, 1.165) is 38.2 Å². The van der Waals surface area contributed by atoms with Gasteiger partial charge in [0.25, 0.3) is 0 Å². The molecule has 4 nitrogen and oxygen atoms in total. The van der Waals surface area contributed by atoms with Crippen LogP contribution in [0.4, 0.5) is 5.95 Å². The van der Waals surface area contributed by atoms with Crippen LogP contribution in [0.1, 0.15) is 11.1 Å². The molecule has 3 heterocycles. The molecule has 1 aliphatic heterocycles. The summed E-state index contributed by atoms with van der Waals surface area (Å²) in [7, 11) is 0. The number of rotatable bonds is 3. The minimum atomic E-state index is 0.616. The van der Waals surface area contributed by atoms with Crippen LogP contribution in [-0.2, 0) is 12.3 Å². The largest absolute Gasteiger partial charge is 0.350 e. The summed E-state index contributed by atoms with van der Waals surface area (Å²) < 4.78 is 0. The van der Waals surface area contributed by atoms with Crippen LogP contribution in [0.5, 0.6) is 0 Å². The van der Waals surface area contributed by atoms with Crippen LogP contribution >= 0.6 is 23.4 Å². The molecule has 0 unspecified atom stereocenters. The van der Waals surface area contributed by atoms with Crippen molar-refractivity contribution in [1.82, 2.24) is 15.0 Å². The van der Waals surface area contributed by atoms with Gasteiger partial charge in [-0.05, 0) is 29.8 Å². The lowest BCUT2D eigenvalue weighted by Crippen LogP contribution is -2.07. The Balaban J connectivity index is 1.60. The molecular weight excluding hydrogens is 328 g/mol. The monoisotopic (exact) mass is 340 g/mol. The van der Waals surface area contributed by atoms with Crippen molar-refractivity contribution >= 4 is 29.3 Å². The molecule has 0 fully saturated rings. The highest BCUT2D eigenvalue weighted by molar-refractivity contribution is 7.98. The van der Waals surface area contributed by atoms with Crippen molar-refractivity contribution in [3.63, 3.8) is 0 Å². The fraction of sp³-hybridized carbons (Fsp3) is 0.118. The average molecular weight is 341 g/mol. The highest BCUT2D eigenvalue weighted by atomic mass is 35.5. The first-order valence-corrected chi connectivity index (χ1v) is 8.58. The molecule has 0 aliphatic carbocycles. The second-order valence-electron chi connectivity index (χ2n) is 5.20. The average Bonchev–Trinajstić information content (AvgIpc) is 2.60. The van der Waals surface area contributed by atoms with Gasteiger partial charge in [0.15, 0.2) is 0 Å². The van der Waals surface area contributed by atoms with Gasteiger partial charge in [-0.15, -0.1) is 11.8 Å². The minimum absolute atomic E-state index is 0.616.